The van der Waals surface area contributed by atoms with Crippen molar-refractivity contribution < 1.29 is 83.5 Å². The van der Waals surface area contributed by atoms with Gasteiger partial charge >= 0.3 is 0 Å². The van der Waals surface area contributed by atoms with Crippen LogP contribution in [0.3, 0.4) is 0 Å². The number of aliphatic hydroxyl groups is 1. The van der Waals surface area contributed by atoms with Crippen molar-refractivity contribution in [2.45, 2.75) is 171 Å². The van der Waals surface area contributed by atoms with Gasteiger partial charge in [-0.1, -0.05) is 151 Å². The van der Waals surface area contributed by atoms with Crippen molar-refractivity contribution in [1.82, 2.24) is 42.5 Å². The number of amides is 7. The minimum atomic E-state index is -2.16. The number of nitrogens with two attached hydrogens (primary N) is 1. The zero-order valence-corrected chi connectivity index (χ0v) is 60.0. The number of rotatable bonds is 20. The largest absolute Gasteiger partial charge is 0.508 e. The Morgan fingerprint density at radius 2 is 1.05 bits per heavy atom. The number of hydrogen-bond donors (Lipinski definition) is 16. The van der Waals surface area contributed by atoms with Gasteiger partial charge in [-0.3, -0.25) is 33.6 Å². The molecule has 0 fully saturated rings. The maximum absolute atomic E-state index is 16.1. The third kappa shape index (κ3) is 17.9. The van der Waals surface area contributed by atoms with Gasteiger partial charge in [0.25, 0.3) is 0 Å². The Hall–Kier alpha value is -10.5. The summed E-state index contributed by atoms with van der Waals surface area (Å²) in [5.74, 6) is -13.2. The van der Waals surface area contributed by atoms with Gasteiger partial charge in [-0.2, -0.15) is 0 Å². The number of aromatic hydroxyl groups is 6. The first-order valence-electron chi connectivity index (χ1n) is 35.7. The van der Waals surface area contributed by atoms with Crippen LogP contribution in [0.5, 0.6) is 69.0 Å². The van der Waals surface area contributed by atoms with Crippen LogP contribution in [0.4, 0.5) is 0 Å². The summed E-state index contributed by atoms with van der Waals surface area (Å²) >= 11 is 13.9. The monoisotopic (exact) mass is 1490 g/mol. The average molecular weight is 1490 g/mol. The van der Waals surface area contributed by atoms with E-state index in [-0.39, 0.29) is 96.1 Å². The van der Waals surface area contributed by atoms with E-state index in [0.717, 1.165) is 68.5 Å². The van der Waals surface area contributed by atoms with Crippen LogP contribution in [0.25, 0.3) is 11.1 Å². The van der Waals surface area contributed by atoms with E-state index >= 15 is 24.0 Å². The van der Waals surface area contributed by atoms with Crippen molar-refractivity contribution in [3.8, 4) is 80.1 Å². The maximum atomic E-state index is 16.1. The van der Waals surface area contributed by atoms with E-state index in [4.69, 9.17) is 43.1 Å². The molecule has 26 nitrogen and oxygen atoms in total. The Bertz CT molecular complexity index is 4480. The molecule has 7 aromatic rings. The third-order valence-corrected chi connectivity index (χ3v) is 20.1. The summed E-state index contributed by atoms with van der Waals surface area (Å²) in [6.07, 6.45) is 16.5. The molecule has 7 aromatic carbocycles. The molecular formula is C78H87Cl2N9O17. The van der Waals surface area contributed by atoms with Crippen molar-refractivity contribution in [1.29, 1.82) is 0 Å². The molecule has 0 radical (unpaired) electrons. The molecule has 0 spiro atoms. The third-order valence-electron chi connectivity index (χ3n) is 19.5. The van der Waals surface area contributed by atoms with Crippen molar-refractivity contribution in [3.63, 3.8) is 0 Å². The Morgan fingerprint density at radius 1 is 0.500 bits per heavy atom. The fraction of sp³-hybridized carbons (Fsp3) is 0.372. The topological polar surface area (TPSA) is 411 Å². The van der Waals surface area contributed by atoms with Crippen LogP contribution < -0.4 is 62.5 Å². The second-order valence-electron chi connectivity index (χ2n) is 27.1. The van der Waals surface area contributed by atoms with E-state index in [1.165, 1.54) is 150 Å². The highest BCUT2D eigenvalue weighted by Gasteiger charge is 2.42. The van der Waals surface area contributed by atoms with Gasteiger partial charge in [-0.25, -0.2) is 0 Å². The molecule has 28 heteroatoms. The lowest BCUT2D eigenvalue weighted by Gasteiger charge is -2.31. The lowest BCUT2D eigenvalue weighted by atomic mass is 9.87. The molecule has 6 aliphatic rings. The van der Waals surface area contributed by atoms with Crippen LogP contribution in [-0.4, -0.2) is 103 Å². The molecule has 7 amide bonds. The van der Waals surface area contributed by atoms with Crippen molar-refractivity contribution in [2.24, 2.45) is 5.73 Å². The summed E-state index contributed by atoms with van der Waals surface area (Å²) in [6, 6.07) is 8.81. The van der Waals surface area contributed by atoms with E-state index in [1.807, 2.05) is 0 Å². The first-order valence-corrected chi connectivity index (χ1v) is 36.5. The average Bonchev–Trinajstić information content (AvgIpc) is 0.756. The highest BCUT2D eigenvalue weighted by molar-refractivity contribution is 6.32. The minimum absolute atomic E-state index is 0.0842. The molecule has 0 unspecified atom stereocenters. The summed E-state index contributed by atoms with van der Waals surface area (Å²) < 4.78 is 18.7. The molecule has 17 N–H and O–H groups in total. The number of nitrogens with one attached hydrogen (secondary N) is 8. The number of phenolic OH excluding ortho intramolecular Hbond substituents is 6. The van der Waals surface area contributed by atoms with Crippen LogP contribution >= 0.6 is 23.2 Å². The predicted molar refractivity (Wildman–Crippen MR) is 393 cm³/mol. The second kappa shape index (κ2) is 34.6. The maximum Gasteiger partial charge on any atom is 0.248 e. The predicted octanol–water partition coefficient (Wildman–Crippen LogP) is 11.0. The zero-order chi connectivity index (χ0) is 75.5. The van der Waals surface area contributed by atoms with Gasteiger partial charge in [0.15, 0.2) is 23.0 Å². The van der Waals surface area contributed by atoms with Gasteiger partial charge in [0, 0.05) is 37.2 Å². The lowest BCUT2D eigenvalue weighted by Crippen LogP contribution is -2.55. The molecule has 13 rings (SSSR count). The fourth-order valence-electron chi connectivity index (χ4n) is 13.6. The van der Waals surface area contributed by atoms with Gasteiger partial charge in [0.2, 0.25) is 47.1 Å². The normalized spacial score (nSPS) is 20.0. The van der Waals surface area contributed by atoms with Crippen LogP contribution in [-0.2, 0) is 46.5 Å². The number of phenols is 6. The number of ether oxygens (including phenoxy) is 3. The summed E-state index contributed by atoms with van der Waals surface area (Å²) in [6.45, 7) is 2.56. The smallest absolute Gasteiger partial charge is 0.248 e. The molecule has 6 aliphatic heterocycles. The summed E-state index contributed by atoms with van der Waals surface area (Å²) in [5, 5.41) is 105. The SMILES string of the molecule is CCCCCCCCCCCCCCCCCCNCc1c(O)cc2c(c1O)-c1cc(ccc1O)[C@H]1NC(=O)[C@@H]3NC(=O)[C@H]4NC(=O)[C@@H](Cc5ccc(c(Cl)c5)Oc5cc3cc(c5O)Oc3ccc(cc3Cl)[C@@H](O)[C@H](NC1=O)C(=O)N[C@@H]2C(=O)NC)NC(=O)[C@H](N)c1ccc(O)c(c1)Oc1cc(O)cc4c1. The first-order chi connectivity index (χ1) is 51.0. The Morgan fingerprint density at radius 3 is 1.67 bits per heavy atom. The van der Waals surface area contributed by atoms with Crippen LogP contribution in [0.15, 0.2) is 109 Å². The highest BCUT2D eigenvalue weighted by Crippen LogP contribution is 2.49. The minimum Gasteiger partial charge on any atom is -0.508 e. The molecule has 6 heterocycles. The van der Waals surface area contributed by atoms with E-state index < -0.39 is 136 Å². The standard InChI is InChI=1S/C78H87Cl2N9O17/c1-3-4-5-6-7-8-9-10-11-12-13-14-15-16-17-18-27-83-39-50-56(93)38-49-62(70(50)95)48-32-42(21-23-54(48)91)64-75(100)89-68(78(103)88-67(49)74(99)82-2)69(94)43-22-26-58(52(80)33-43)106-61-36-45-35-60(71(61)96)105-57-25-19-40(28-51(57)79)29-53-72(97)85-65(76(101)87-66(45)77(102)86-64)44-30-46(90)37-47(31-44)104-59-34-41(20-24-55(59)92)63(81)73(98)84-53/h19-26,28,30-38,53,63-69,83,90-96H,3-18,27,29,39,81H2,1-2H3,(H,82,99)(H,84,98)(H,85,97)(H,86,102)(H,87,101)(H,88,103)(H,89,100)/t53-,63-,64-,65+,66-,67+,68+,69-/m1/s1. The molecular weight excluding hydrogens is 1410 g/mol. The molecule has 8 atom stereocenters. The van der Waals surface area contributed by atoms with E-state index in [1.54, 1.807) is 0 Å². The van der Waals surface area contributed by atoms with Crippen LogP contribution in [0.1, 0.15) is 190 Å². The molecule has 106 heavy (non-hydrogen) atoms. The number of carbonyl (C=O) groups is 7. The Balaban J connectivity index is 0.994. The van der Waals surface area contributed by atoms with E-state index in [9.17, 15) is 45.3 Å². The molecule has 0 aliphatic carbocycles. The number of benzene rings is 7. The molecule has 560 valence electrons. The first kappa shape index (κ1) is 76.6. The number of unbranched alkanes of at least 4 members (excludes halogenated alkanes) is 15. The van der Waals surface area contributed by atoms with Gasteiger partial charge < -0.3 is 98.2 Å². The molecule has 0 saturated heterocycles. The van der Waals surface area contributed by atoms with Gasteiger partial charge in [-0.15, -0.1) is 0 Å². The number of likely N-dealkylation sites (N-methyl/N-ethyl adjacent to an activating group) is 1. The zero-order valence-electron chi connectivity index (χ0n) is 58.5. The van der Waals surface area contributed by atoms with E-state index in [0.29, 0.717) is 12.1 Å². The van der Waals surface area contributed by atoms with Crippen LogP contribution in [0.2, 0.25) is 10.0 Å². The van der Waals surface area contributed by atoms with Gasteiger partial charge in [0.1, 0.15) is 88.6 Å². The van der Waals surface area contributed by atoms with Gasteiger partial charge in [0.05, 0.1) is 15.6 Å². The highest BCUT2D eigenvalue weighted by atomic mass is 35.5. The van der Waals surface area contributed by atoms with E-state index in [2.05, 4.69) is 49.5 Å². The van der Waals surface area contributed by atoms with Crippen LogP contribution in [0, 0.1) is 0 Å². The quantitative estimate of drug-likeness (QED) is 0.0315. The Labute approximate surface area is 621 Å². The second-order valence-corrected chi connectivity index (χ2v) is 27.9. The molecule has 0 aromatic heterocycles. The van der Waals surface area contributed by atoms with Gasteiger partial charge in [-0.05, 0) is 131 Å². The Kier molecular flexibility index (Phi) is 25.0. The number of hydrogen-bond acceptors (Lipinski definition) is 19. The number of aliphatic hydroxyl groups excluding tert-OH is 1. The van der Waals surface area contributed by atoms with Crippen molar-refractivity contribution >= 4 is 64.6 Å². The van der Waals surface area contributed by atoms with Crippen molar-refractivity contribution in [2.75, 3.05) is 13.6 Å². The fourth-order valence-corrected chi connectivity index (χ4v) is 14.1. The number of halogens is 2. The molecule has 0 saturated carbocycles. The summed E-state index contributed by atoms with van der Waals surface area (Å²) in [5.41, 5.74) is 5.08. The number of fused-ring (bicyclic) bond motifs is 14. The summed E-state index contributed by atoms with van der Waals surface area (Å²) in [7, 11) is 1.25. The lowest BCUT2D eigenvalue weighted by molar-refractivity contribution is -0.137. The summed E-state index contributed by atoms with van der Waals surface area (Å²) in [4.78, 5) is 106. The number of carbonyl (C=O) groups excluding carboxylic acids is 7. The molecule has 17 bridgehead atoms. The van der Waals surface area contributed by atoms with Crippen molar-refractivity contribution in [3.05, 3.63) is 164 Å².